The van der Waals surface area contributed by atoms with Crippen LogP contribution in [-0.2, 0) is 10.1 Å². The smallest absolute Gasteiger partial charge is 0.281 e. The van der Waals surface area contributed by atoms with E-state index in [9.17, 15) is 28.6 Å². The summed E-state index contributed by atoms with van der Waals surface area (Å²) in [6.07, 6.45) is 0. The minimum atomic E-state index is -5.05. The van der Waals surface area contributed by atoms with Crippen molar-refractivity contribution < 1.29 is 22.8 Å². The van der Waals surface area contributed by atoms with Crippen LogP contribution in [0.25, 0.3) is 0 Å². The van der Waals surface area contributed by atoms with Gasteiger partial charge in [-0.2, -0.15) is 8.42 Å². The molecule has 0 fully saturated rings. The fourth-order valence-corrected chi connectivity index (χ4v) is 2.07. The number of hydrogen-bond donors (Lipinski definition) is 1. The average molecular weight is 262 g/mol. The van der Waals surface area contributed by atoms with Gasteiger partial charge < -0.3 is 0 Å². The van der Waals surface area contributed by atoms with Crippen LogP contribution < -0.4 is 0 Å². The molecular weight excluding hydrogens is 256 g/mol. The molecule has 0 saturated heterocycles. The third kappa shape index (κ3) is 2.54. The van der Waals surface area contributed by atoms with Gasteiger partial charge in [-0.05, 0) is 12.5 Å². The van der Waals surface area contributed by atoms with Crippen LogP contribution in [0.1, 0.15) is 5.56 Å². The van der Waals surface area contributed by atoms with E-state index in [0.29, 0.717) is 0 Å². The van der Waals surface area contributed by atoms with E-state index in [2.05, 4.69) is 0 Å². The molecule has 1 aromatic rings. The van der Waals surface area contributed by atoms with Crippen molar-refractivity contribution in [1.29, 1.82) is 0 Å². The molecule has 0 aliphatic rings. The van der Waals surface area contributed by atoms with E-state index in [-0.39, 0.29) is 5.56 Å². The Bertz CT molecular complexity index is 572. The Morgan fingerprint density at radius 2 is 1.47 bits per heavy atom. The molecule has 17 heavy (non-hydrogen) atoms. The highest BCUT2D eigenvalue weighted by Gasteiger charge is 2.34. The largest absolute Gasteiger partial charge is 0.308 e. The molecule has 0 heterocycles. The van der Waals surface area contributed by atoms with Gasteiger partial charge in [0.05, 0.1) is 9.85 Å². The Kier molecular flexibility index (Phi) is 3.11. The van der Waals surface area contributed by atoms with Crippen molar-refractivity contribution in [3.8, 4) is 0 Å². The van der Waals surface area contributed by atoms with Crippen LogP contribution in [0.4, 0.5) is 11.4 Å². The maximum absolute atomic E-state index is 10.9. The monoisotopic (exact) mass is 262 g/mol. The molecule has 92 valence electrons. The lowest BCUT2D eigenvalue weighted by Crippen LogP contribution is -2.07. The van der Waals surface area contributed by atoms with E-state index in [0.717, 1.165) is 12.1 Å². The topological polar surface area (TPSA) is 141 Å². The lowest BCUT2D eigenvalue weighted by molar-refractivity contribution is -0.400. The summed E-state index contributed by atoms with van der Waals surface area (Å²) in [6.45, 7) is 1.33. The van der Waals surface area contributed by atoms with Gasteiger partial charge in [-0.3, -0.25) is 24.8 Å². The van der Waals surface area contributed by atoms with Crippen molar-refractivity contribution in [2.75, 3.05) is 0 Å². The van der Waals surface area contributed by atoms with Gasteiger partial charge in [0.15, 0.2) is 0 Å². The number of aryl methyl sites for hydroxylation is 1. The minimum absolute atomic E-state index is 0.135. The minimum Gasteiger partial charge on any atom is -0.281 e. The predicted molar refractivity (Wildman–Crippen MR) is 54.3 cm³/mol. The molecule has 0 unspecified atom stereocenters. The third-order valence-corrected chi connectivity index (χ3v) is 2.78. The number of nitrogens with zero attached hydrogens (tertiary/aromatic N) is 2. The van der Waals surface area contributed by atoms with E-state index in [4.69, 9.17) is 4.55 Å². The van der Waals surface area contributed by atoms with Crippen molar-refractivity contribution in [2.24, 2.45) is 0 Å². The molecule has 0 aliphatic carbocycles. The molecule has 0 saturated carbocycles. The first-order valence-corrected chi connectivity index (χ1v) is 5.49. The molecular formula is C7H6N2O7S. The fraction of sp³-hybridized carbons (Fsp3) is 0.143. The SMILES string of the molecule is Cc1cc([N+](=O)[O-])c(S(=O)(=O)O)c([N+](=O)[O-])c1. The summed E-state index contributed by atoms with van der Waals surface area (Å²) < 4.78 is 30.7. The van der Waals surface area contributed by atoms with Crippen molar-refractivity contribution in [1.82, 2.24) is 0 Å². The second kappa shape index (κ2) is 4.07. The molecule has 0 radical (unpaired) electrons. The van der Waals surface area contributed by atoms with E-state index >= 15 is 0 Å². The molecule has 9 nitrogen and oxygen atoms in total. The van der Waals surface area contributed by atoms with Gasteiger partial charge in [-0.25, -0.2) is 0 Å². The number of rotatable bonds is 3. The summed E-state index contributed by atoms with van der Waals surface area (Å²) in [5.41, 5.74) is -1.92. The standard InChI is InChI=1S/C7H6N2O7S/c1-4-2-5(8(10)11)7(17(14,15)16)6(3-4)9(12)13/h2-3H,1H3,(H,14,15,16). The molecule has 1 aromatic carbocycles. The van der Waals surface area contributed by atoms with Gasteiger partial charge in [0.2, 0.25) is 4.90 Å². The predicted octanol–water partition coefficient (Wildman–Crippen LogP) is 1.06. The quantitative estimate of drug-likeness (QED) is 0.487. The van der Waals surface area contributed by atoms with Gasteiger partial charge in [-0.1, -0.05) is 0 Å². The normalized spacial score (nSPS) is 11.2. The van der Waals surface area contributed by atoms with Crippen molar-refractivity contribution >= 4 is 21.5 Å². The number of hydrogen-bond acceptors (Lipinski definition) is 6. The number of nitro benzene ring substituents is 2. The fourth-order valence-electron chi connectivity index (χ4n) is 1.27. The van der Waals surface area contributed by atoms with Gasteiger partial charge in [0, 0.05) is 12.1 Å². The van der Waals surface area contributed by atoms with Crippen LogP contribution in [-0.4, -0.2) is 22.8 Å². The van der Waals surface area contributed by atoms with Crippen molar-refractivity contribution in [2.45, 2.75) is 11.8 Å². The first-order valence-electron chi connectivity index (χ1n) is 4.05. The molecule has 0 aliphatic heterocycles. The van der Waals surface area contributed by atoms with Crippen molar-refractivity contribution in [3.63, 3.8) is 0 Å². The first-order chi connectivity index (χ1) is 7.64. The van der Waals surface area contributed by atoms with E-state index in [1.807, 2.05) is 0 Å². The molecule has 0 atom stereocenters. The summed E-state index contributed by atoms with van der Waals surface area (Å²) in [7, 11) is -5.05. The second-order valence-corrected chi connectivity index (χ2v) is 4.48. The Balaban J connectivity index is 3.85. The first kappa shape index (κ1) is 13.0. The Hall–Kier alpha value is -2.07. The Morgan fingerprint density at radius 1 is 1.12 bits per heavy atom. The highest BCUT2D eigenvalue weighted by molar-refractivity contribution is 7.86. The van der Waals surface area contributed by atoms with Crippen LogP contribution in [0.2, 0.25) is 0 Å². The Morgan fingerprint density at radius 3 is 1.71 bits per heavy atom. The molecule has 0 amide bonds. The lowest BCUT2D eigenvalue weighted by atomic mass is 10.2. The highest BCUT2D eigenvalue weighted by Crippen LogP contribution is 2.33. The highest BCUT2D eigenvalue weighted by atomic mass is 32.2. The zero-order chi connectivity index (χ0) is 13.4. The maximum Gasteiger partial charge on any atom is 0.308 e. The molecule has 1 rings (SSSR count). The summed E-state index contributed by atoms with van der Waals surface area (Å²) in [4.78, 5) is 17.7. The van der Waals surface area contributed by atoms with Crippen molar-refractivity contribution in [3.05, 3.63) is 37.9 Å². The summed E-state index contributed by atoms with van der Waals surface area (Å²) in [5, 5.41) is 21.2. The molecule has 0 aromatic heterocycles. The third-order valence-electron chi connectivity index (χ3n) is 1.85. The van der Waals surface area contributed by atoms with Gasteiger partial charge in [0.1, 0.15) is 0 Å². The van der Waals surface area contributed by atoms with Crippen LogP contribution in [0.15, 0.2) is 17.0 Å². The molecule has 1 N–H and O–H groups in total. The van der Waals surface area contributed by atoms with Crippen LogP contribution in [0.3, 0.4) is 0 Å². The lowest BCUT2D eigenvalue weighted by Gasteiger charge is -2.02. The summed E-state index contributed by atoms with van der Waals surface area (Å²) >= 11 is 0. The Labute approximate surface area is 94.7 Å². The zero-order valence-corrected chi connectivity index (χ0v) is 9.17. The van der Waals surface area contributed by atoms with Crippen LogP contribution in [0.5, 0.6) is 0 Å². The van der Waals surface area contributed by atoms with E-state index in [1.165, 1.54) is 6.92 Å². The van der Waals surface area contributed by atoms with E-state index < -0.39 is 36.2 Å². The number of nitro groups is 2. The maximum atomic E-state index is 10.9. The average Bonchev–Trinajstić information content (AvgIpc) is 2.14. The summed E-state index contributed by atoms with van der Waals surface area (Å²) in [6, 6.07) is 1.66. The van der Waals surface area contributed by atoms with Crippen LogP contribution >= 0.6 is 0 Å². The molecule has 0 bridgehead atoms. The van der Waals surface area contributed by atoms with Gasteiger partial charge in [0.25, 0.3) is 11.4 Å². The van der Waals surface area contributed by atoms with Gasteiger partial charge >= 0.3 is 10.1 Å². The molecule has 0 spiro atoms. The number of benzene rings is 1. The summed E-state index contributed by atoms with van der Waals surface area (Å²) in [5.74, 6) is 0. The molecule has 10 heteroatoms. The van der Waals surface area contributed by atoms with E-state index in [1.54, 1.807) is 0 Å². The second-order valence-electron chi connectivity index (χ2n) is 3.12. The van der Waals surface area contributed by atoms with Crippen LogP contribution in [0, 0.1) is 27.2 Å². The van der Waals surface area contributed by atoms with Gasteiger partial charge in [-0.15, -0.1) is 0 Å². The zero-order valence-electron chi connectivity index (χ0n) is 8.35.